The number of amides is 1. The Bertz CT molecular complexity index is 592. The Morgan fingerprint density at radius 2 is 2.20 bits per heavy atom. The number of aromatic nitrogens is 2. The highest BCUT2D eigenvalue weighted by molar-refractivity contribution is 5.95. The summed E-state index contributed by atoms with van der Waals surface area (Å²) in [7, 11) is 0. The molecule has 0 saturated carbocycles. The van der Waals surface area contributed by atoms with E-state index in [2.05, 4.69) is 10.5 Å². The van der Waals surface area contributed by atoms with Crippen LogP contribution in [0.3, 0.4) is 0 Å². The number of rotatable bonds is 5. The highest BCUT2D eigenvalue weighted by Crippen LogP contribution is 2.16. The molecule has 0 aliphatic heterocycles. The molecule has 0 unspecified atom stereocenters. The van der Waals surface area contributed by atoms with E-state index in [-0.39, 0.29) is 18.6 Å². The molecular weight excluding hydrogens is 256 g/mol. The molecule has 1 aromatic carbocycles. The molecule has 1 amide bonds. The van der Waals surface area contributed by atoms with E-state index in [9.17, 15) is 4.79 Å². The van der Waals surface area contributed by atoms with Crippen molar-refractivity contribution in [3.63, 3.8) is 0 Å². The van der Waals surface area contributed by atoms with Gasteiger partial charge in [0, 0.05) is 17.2 Å². The molecule has 0 saturated heterocycles. The smallest absolute Gasteiger partial charge is 0.265 e. The molecular formula is C14H18N4O2. The van der Waals surface area contributed by atoms with Gasteiger partial charge in [-0.3, -0.25) is 14.9 Å². The fourth-order valence-electron chi connectivity index (χ4n) is 1.78. The lowest BCUT2D eigenvalue weighted by Crippen LogP contribution is -2.30. The van der Waals surface area contributed by atoms with Gasteiger partial charge < -0.3 is 4.74 Å². The molecule has 0 aliphatic rings. The Labute approximate surface area is 117 Å². The summed E-state index contributed by atoms with van der Waals surface area (Å²) < 4.78 is 7.47. The van der Waals surface area contributed by atoms with Crippen LogP contribution in [0.15, 0.2) is 36.7 Å². The number of carbonyl (C=O) groups excluding carboxylic acids is 1. The maximum Gasteiger partial charge on any atom is 0.265 e. The third-order valence-electron chi connectivity index (χ3n) is 2.89. The number of ether oxygens (including phenoxy) is 1. The van der Waals surface area contributed by atoms with Gasteiger partial charge in [0.1, 0.15) is 6.61 Å². The van der Waals surface area contributed by atoms with Gasteiger partial charge in [-0.1, -0.05) is 18.2 Å². The van der Waals surface area contributed by atoms with Crippen molar-refractivity contribution in [1.29, 1.82) is 0 Å². The predicted octanol–water partition coefficient (Wildman–Crippen LogP) is 1.65. The van der Waals surface area contributed by atoms with Crippen molar-refractivity contribution < 1.29 is 9.53 Å². The molecule has 0 bridgehead atoms. The van der Waals surface area contributed by atoms with Crippen LogP contribution in [0.1, 0.15) is 35.8 Å². The molecule has 20 heavy (non-hydrogen) atoms. The first-order valence-electron chi connectivity index (χ1n) is 6.37. The number of nitrogens with two attached hydrogens (primary N) is 1. The number of carbonyl (C=O) groups is 1. The van der Waals surface area contributed by atoms with Crippen molar-refractivity contribution in [3.8, 4) is 5.75 Å². The van der Waals surface area contributed by atoms with Gasteiger partial charge in [-0.2, -0.15) is 5.10 Å². The average molecular weight is 274 g/mol. The third kappa shape index (κ3) is 3.16. The summed E-state index contributed by atoms with van der Waals surface area (Å²) in [6.07, 6.45) is 3.49. The zero-order chi connectivity index (χ0) is 14.5. The minimum absolute atomic E-state index is 0.280. The van der Waals surface area contributed by atoms with Crippen LogP contribution in [-0.4, -0.2) is 15.7 Å². The standard InChI is InChI=1S/C14H18N4O2/c1-10(2)18-8-12(7-16-18)20-9-11-5-3-4-6-13(11)14(19)17-15/h3-8,10H,9,15H2,1-2H3,(H,17,19). The molecule has 3 N–H and O–H groups in total. The second kappa shape index (κ2) is 6.21. The van der Waals surface area contributed by atoms with E-state index in [1.807, 2.05) is 36.9 Å². The first kappa shape index (κ1) is 14.1. The molecule has 0 atom stereocenters. The van der Waals surface area contributed by atoms with Crippen molar-refractivity contribution in [2.75, 3.05) is 0 Å². The molecule has 0 aliphatic carbocycles. The first-order chi connectivity index (χ1) is 9.61. The van der Waals surface area contributed by atoms with Crippen LogP contribution in [0.25, 0.3) is 0 Å². The number of nitrogens with one attached hydrogen (secondary N) is 1. The number of nitrogen functional groups attached to an aromatic ring is 1. The van der Waals surface area contributed by atoms with Crippen molar-refractivity contribution in [1.82, 2.24) is 15.2 Å². The van der Waals surface area contributed by atoms with Gasteiger partial charge in [0.2, 0.25) is 0 Å². The van der Waals surface area contributed by atoms with Crippen LogP contribution in [0.2, 0.25) is 0 Å². The summed E-state index contributed by atoms with van der Waals surface area (Å²) in [5.41, 5.74) is 3.40. The number of nitrogens with zero attached hydrogens (tertiary/aromatic N) is 2. The Morgan fingerprint density at radius 1 is 1.45 bits per heavy atom. The highest BCUT2D eigenvalue weighted by Gasteiger charge is 2.10. The minimum atomic E-state index is -0.331. The molecule has 106 valence electrons. The van der Waals surface area contributed by atoms with E-state index < -0.39 is 0 Å². The summed E-state index contributed by atoms with van der Waals surface area (Å²) >= 11 is 0. The molecule has 2 rings (SSSR count). The lowest BCUT2D eigenvalue weighted by Gasteiger charge is -2.09. The quantitative estimate of drug-likeness (QED) is 0.493. The highest BCUT2D eigenvalue weighted by atomic mass is 16.5. The SMILES string of the molecule is CC(C)n1cc(OCc2ccccc2C(=O)NN)cn1. The van der Waals surface area contributed by atoms with Crippen molar-refractivity contribution in [3.05, 3.63) is 47.8 Å². The van der Waals surface area contributed by atoms with Gasteiger partial charge in [0.05, 0.1) is 12.4 Å². The third-order valence-corrected chi connectivity index (χ3v) is 2.89. The fraction of sp³-hybridized carbons (Fsp3) is 0.286. The summed E-state index contributed by atoms with van der Waals surface area (Å²) in [6, 6.07) is 7.45. The van der Waals surface area contributed by atoms with E-state index >= 15 is 0 Å². The van der Waals surface area contributed by atoms with Crippen LogP contribution in [0, 0.1) is 0 Å². The van der Waals surface area contributed by atoms with Gasteiger partial charge in [-0.05, 0) is 19.9 Å². The number of hydrogen-bond acceptors (Lipinski definition) is 4. The summed E-state index contributed by atoms with van der Waals surface area (Å²) in [6.45, 7) is 4.36. The van der Waals surface area contributed by atoms with Gasteiger partial charge in [0.15, 0.2) is 5.75 Å². The topological polar surface area (TPSA) is 82.2 Å². The molecule has 0 radical (unpaired) electrons. The van der Waals surface area contributed by atoms with Gasteiger partial charge in [0.25, 0.3) is 5.91 Å². The van der Waals surface area contributed by atoms with E-state index in [1.165, 1.54) is 0 Å². The normalized spacial score (nSPS) is 10.6. The van der Waals surface area contributed by atoms with Crippen LogP contribution < -0.4 is 16.0 Å². The van der Waals surface area contributed by atoms with Crippen molar-refractivity contribution >= 4 is 5.91 Å². The fourth-order valence-corrected chi connectivity index (χ4v) is 1.78. The molecule has 6 nitrogen and oxygen atoms in total. The number of hydrogen-bond donors (Lipinski definition) is 2. The largest absolute Gasteiger partial charge is 0.486 e. The maximum atomic E-state index is 11.6. The van der Waals surface area contributed by atoms with Crippen LogP contribution in [0.4, 0.5) is 0 Å². The minimum Gasteiger partial charge on any atom is -0.486 e. The molecule has 0 fully saturated rings. The predicted molar refractivity (Wildman–Crippen MR) is 75.0 cm³/mol. The molecule has 0 spiro atoms. The summed E-state index contributed by atoms with van der Waals surface area (Å²) in [5.74, 6) is 5.50. The average Bonchev–Trinajstić information content (AvgIpc) is 2.93. The summed E-state index contributed by atoms with van der Waals surface area (Å²) in [5, 5.41) is 4.19. The summed E-state index contributed by atoms with van der Waals surface area (Å²) in [4.78, 5) is 11.6. The Balaban J connectivity index is 2.08. The van der Waals surface area contributed by atoms with E-state index in [0.29, 0.717) is 11.3 Å². The van der Waals surface area contributed by atoms with E-state index in [1.54, 1.807) is 18.3 Å². The number of hydrazine groups is 1. The molecule has 1 aromatic heterocycles. The first-order valence-corrected chi connectivity index (χ1v) is 6.37. The van der Waals surface area contributed by atoms with Gasteiger partial charge >= 0.3 is 0 Å². The van der Waals surface area contributed by atoms with Crippen molar-refractivity contribution in [2.24, 2.45) is 5.84 Å². The Kier molecular flexibility index (Phi) is 4.37. The van der Waals surface area contributed by atoms with Crippen molar-refractivity contribution in [2.45, 2.75) is 26.5 Å². The second-order valence-electron chi connectivity index (χ2n) is 4.67. The monoisotopic (exact) mass is 274 g/mol. The van der Waals surface area contributed by atoms with E-state index in [4.69, 9.17) is 10.6 Å². The van der Waals surface area contributed by atoms with Gasteiger partial charge in [-0.25, -0.2) is 5.84 Å². The maximum absolute atomic E-state index is 11.6. The Morgan fingerprint density at radius 3 is 2.85 bits per heavy atom. The lowest BCUT2D eigenvalue weighted by molar-refractivity contribution is 0.0951. The zero-order valence-corrected chi connectivity index (χ0v) is 11.5. The van der Waals surface area contributed by atoms with Crippen LogP contribution >= 0.6 is 0 Å². The van der Waals surface area contributed by atoms with Gasteiger partial charge in [-0.15, -0.1) is 0 Å². The number of benzene rings is 1. The molecule has 1 heterocycles. The Hall–Kier alpha value is -2.34. The second-order valence-corrected chi connectivity index (χ2v) is 4.67. The molecule has 6 heteroatoms. The lowest BCUT2D eigenvalue weighted by atomic mass is 10.1. The zero-order valence-electron chi connectivity index (χ0n) is 11.5. The van der Waals surface area contributed by atoms with Crippen LogP contribution in [-0.2, 0) is 6.61 Å². The van der Waals surface area contributed by atoms with E-state index in [0.717, 1.165) is 5.56 Å². The molecule has 2 aromatic rings. The van der Waals surface area contributed by atoms with Crippen LogP contribution in [0.5, 0.6) is 5.75 Å².